The fourth-order valence-corrected chi connectivity index (χ4v) is 4.83. The van der Waals surface area contributed by atoms with Crippen molar-refractivity contribution >= 4 is 29.0 Å². The topological polar surface area (TPSA) is 94.2 Å². The Morgan fingerprint density at radius 3 is 2.70 bits per heavy atom. The molecule has 2 aromatic rings. The first-order valence-electron chi connectivity index (χ1n) is 12.6. The third-order valence-corrected chi connectivity index (χ3v) is 6.58. The van der Waals surface area contributed by atoms with E-state index in [1.807, 2.05) is 18.7 Å². The van der Waals surface area contributed by atoms with E-state index in [1.165, 1.54) is 6.07 Å². The number of anilines is 4. The van der Waals surface area contributed by atoms with Crippen LogP contribution in [0.25, 0.3) is 0 Å². The van der Waals surface area contributed by atoms with E-state index in [0.29, 0.717) is 43.4 Å². The summed E-state index contributed by atoms with van der Waals surface area (Å²) in [4.78, 5) is 22.4. The number of hydrogen-bond acceptors (Lipinski definition) is 7. The summed E-state index contributed by atoms with van der Waals surface area (Å²) >= 11 is 0. The van der Waals surface area contributed by atoms with E-state index in [0.717, 1.165) is 26.1 Å². The van der Waals surface area contributed by atoms with Crippen molar-refractivity contribution in [2.45, 2.75) is 57.8 Å². The predicted molar refractivity (Wildman–Crippen MR) is 134 cm³/mol. The van der Waals surface area contributed by atoms with Gasteiger partial charge in [0.1, 0.15) is 17.2 Å². The number of carbonyl (C=O) groups is 1. The highest BCUT2D eigenvalue weighted by Crippen LogP contribution is 2.37. The molecule has 202 valence electrons. The summed E-state index contributed by atoms with van der Waals surface area (Å²) in [6.07, 6.45) is -1.26. The van der Waals surface area contributed by atoms with Crippen LogP contribution in [0.3, 0.4) is 0 Å². The van der Waals surface area contributed by atoms with E-state index >= 15 is 0 Å². The minimum atomic E-state index is -4.69. The number of halogens is 4. The van der Waals surface area contributed by atoms with Gasteiger partial charge < -0.3 is 26.2 Å². The summed E-state index contributed by atoms with van der Waals surface area (Å²) in [7, 11) is 0. The lowest BCUT2D eigenvalue weighted by molar-refractivity contribution is -0.137. The number of alkyl halides is 3. The van der Waals surface area contributed by atoms with Gasteiger partial charge >= 0.3 is 6.18 Å². The highest BCUT2D eigenvalue weighted by Gasteiger charge is 2.39. The number of nitrogens with one attached hydrogen (secondary N) is 4. The second-order valence-corrected chi connectivity index (χ2v) is 9.79. The Hall–Kier alpha value is -3.15. The molecule has 2 aliphatic rings. The Balaban J connectivity index is 1.54. The maximum Gasteiger partial charge on any atom is 0.421 e. The molecule has 1 saturated heterocycles. The highest BCUT2D eigenvalue weighted by atomic mass is 19.4. The van der Waals surface area contributed by atoms with Crippen molar-refractivity contribution < 1.29 is 22.4 Å². The van der Waals surface area contributed by atoms with Gasteiger partial charge in [0, 0.05) is 43.6 Å². The van der Waals surface area contributed by atoms with Crippen LogP contribution in [0.1, 0.15) is 45.1 Å². The first-order valence-corrected chi connectivity index (χ1v) is 12.6. The molecule has 4 rings (SSSR count). The minimum absolute atomic E-state index is 0.0721. The summed E-state index contributed by atoms with van der Waals surface area (Å²) in [6, 6.07) is 4.00. The van der Waals surface area contributed by atoms with Crippen molar-refractivity contribution in [2.24, 2.45) is 5.92 Å². The third kappa shape index (κ3) is 6.79. The van der Waals surface area contributed by atoms with Gasteiger partial charge in [0.15, 0.2) is 0 Å². The van der Waals surface area contributed by atoms with Crippen molar-refractivity contribution in [3.05, 3.63) is 35.8 Å². The number of benzene rings is 1. The van der Waals surface area contributed by atoms with Gasteiger partial charge in [-0.25, -0.2) is 9.37 Å². The summed E-state index contributed by atoms with van der Waals surface area (Å²) in [5.74, 6) is -1.62. The van der Waals surface area contributed by atoms with Crippen molar-refractivity contribution in [2.75, 3.05) is 41.7 Å². The molecule has 4 N–H and O–H groups in total. The molecule has 1 aromatic heterocycles. The molecule has 0 spiro atoms. The van der Waals surface area contributed by atoms with Gasteiger partial charge in [-0.15, -0.1) is 0 Å². The maximum absolute atomic E-state index is 14.9. The lowest BCUT2D eigenvalue weighted by Gasteiger charge is -2.24. The van der Waals surface area contributed by atoms with Crippen LogP contribution in [-0.4, -0.2) is 54.1 Å². The van der Waals surface area contributed by atoms with Crippen molar-refractivity contribution in [1.82, 2.24) is 20.6 Å². The lowest BCUT2D eigenvalue weighted by atomic mass is 10.0. The molecule has 0 radical (unpaired) electrons. The SMILES string of the molecule is CC(C)NC(=O)[C@H]1CCC[C@H]1Nc1nc(Nc2ccc(N3CCCNCC3)c(F)c2)ncc1C(F)(F)F. The lowest BCUT2D eigenvalue weighted by Crippen LogP contribution is -2.41. The van der Waals surface area contributed by atoms with Crippen LogP contribution in [0, 0.1) is 11.7 Å². The molecule has 1 aliphatic carbocycles. The maximum atomic E-state index is 14.9. The zero-order valence-electron chi connectivity index (χ0n) is 21.0. The molecule has 8 nitrogen and oxygen atoms in total. The van der Waals surface area contributed by atoms with Gasteiger partial charge in [0.05, 0.1) is 11.6 Å². The quantitative estimate of drug-likeness (QED) is 0.403. The molecule has 1 saturated carbocycles. The number of rotatable bonds is 7. The van der Waals surface area contributed by atoms with Gasteiger partial charge in [-0.2, -0.15) is 18.2 Å². The number of hydrogen-bond donors (Lipinski definition) is 4. The van der Waals surface area contributed by atoms with E-state index in [2.05, 4.69) is 31.2 Å². The zero-order valence-corrected chi connectivity index (χ0v) is 21.0. The molecular formula is C25H33F4N7O. The normalized spacial score (nSPS) is 20.6. The van der Waals surface area contributed by atoms with Gasteiger partial charge in [-0.1, -0.05) is 6.42 Å². The monoisotopic (exact) mass is 523 g/mol. The van der Waals surface area contributed by atoms with Crippen LogP contribution in [-0.2, 0) is 11.0 Å². The molecule has 1 amide bonds. The average Bonchev–Trinajstić information content (AvgIpc) is 3.11. The van der Waals surface area contributed by atoms with Gasteiger partial charge in [0.25, 0.3) is 0 Å². The minimum Gasteiger partial charge on any atom is -0.368 e. The van der Waals surface area contributed by atoms with Crippen LogP contribution < -0.4 is 26.2 Å². The summed E-state index contributed by atoms with van der Waals surface area (Å²) in [6.45, 7) is 6.71. The second kappa shape index (κ2) is 11.5. The molecular weight excluding hydrogens is 490 g/mol. The van der Waals surface area contributed by atoms with Crippen LogP contribution >= 0.6 is 0 Å². The molecule has 0 unspecified atom stereocenters. The smallest absolute Gasteiger partial charge is 0.368 e. The first-order chi connectivity index (χ1) is 17.6. The summed E-state index contributed by atoms with van der Waals surface area (Å²) in [5.41, 5.74) is -0.240. The Kier molecular flexibility index (Phi) is 8.35. The zero-order chi connectivity index (χ0) is 26.6. The third-order valence-electron chi connectivity index (χ3n) is 6.58. The summed E-state index contributed by atoms with van der Waals surface area (Å²) in [5, 5.41) is 11.8. The number of amides is 1. The van der Waals surface area contributed by atoms with Crippen LogP contribution in [0.4, 0.5) is 40.7 Å². The molecule has 1 aliphatic heterocycles. The van der Waals surface area contributed by atoms with Crippen molar-refractivity contribution in [1.29, 1.82) is 0 Å². The van der Waals surface area contributed by atoms with E-state index in [1.54, 1.807) is 12.1 Å². The van der Waals surface area contributed by atoms with E-state index < -0.39 is 35.3 Å². The largest absolute Gasteiger partial charge is 0.421 e. The van der Waals surface area contributed by atoms with Gasteiger partial charge in [0.2, 0.25) is 11.9 Å². The van der Waals surface area contributed by atoms with Crippen molar-refractivity contribution in [3.8, 4) is 0 Å². The molecule has 37 heavy (non-hydrogen) atoms. The van der Waals surface area contributed by atoms with E-state index in [4.69, 9.17) is 0 Å². The van der Waals surface area contributed by atoms with Crippen LogP contribution in [0.5, 0.6) is 0 Å². The molecule has 2 fully saturated rings. The Morgan fingerprint density at radius 2 is 1.97 bits per heavy atom. The number of carbonyl (C=O) groups excluding carboxylic acids is 1. The number of nitrogens with zero attached hydrogens (tertiary/aromatic N) is 3. The fourth-order valence-electron chi connectivity index (χ4n) is 4.83. The Morgan fingerprint density at radius 1 is 1.16 bits per heavy atom. The van der Waals surface area contributed by atoms with Crippen LogP contribution in [0.2, 0.25) is 0 Å². The summed E-state index contributed by atoms with van der Waals surface area (Å²) < 4.78 is 56.1. The average molecular weight is 524 g/mol. The van der Waals surface area contributed by atoms with E-state index in [-0.39, 0.29) is 17.9 Å². The molecule has 1 aromatic carbocycles. The van der Waals surface area contributed by atoms with Crippen LogP contribution in [0.15, 0.2) is 24.4 Å². The highest BCUT2D eigenvalue weighted by molar-refractivity contribution is 5.80. The molecule has 2 heterocycles. The Bertz CT molecular complexity index is 1090. The fraction of sp³-hybridized carbons (Fsp3) is 0.560. The molecule has 2 atom stereocenters. The number of aromatic nitrogens is 2. The first kappa shape index (κ1) is 26.9. The predicted octanol–water partition coefficient (Wildman–Crippen LogP) is 4.28. The Labute approximate surface area is 213 Å². The standard InChI is InChI=1S/C25H33F4N7O/c1-15(2)32-23(37)17-5-3-6-20(17)34-22-18(25(27,28)29)14-31-24(35-22)33-16-7-8-21(19(26)13-16)36-11-4-9-30-10-12-36/h7-8,13-15,17,20,30H,3-6,9-12H2,1-2H3,(H,32,37)(H2,31,33,34,35)/t17-,20+/m0/s1. The second-order valence-electron chi connectivity index (χ2n) is 9.79. The van der Waals surface area contributed by atoms with Gasteiger partial charge in [-0.05, 0) is 57.9 Å². The molecule has 12 heteroatoms. The van der Waals surface area contributed by atoms with E-state index in [9.17, 15) is 22.4 Å². The molecule has 0 bridgehead atoms. The van der Waals surface area contributed by atoms with Crippen molar-refractivity contribution in [3.63, 3.8) is 0 Å². The van der Waals surface area contributed by atoms with Gasteiger partial charge in [-0.3, -0.25) is 4.79 Å².